The molecule has 1 saturated carbocycles. The van der Waals surface area contributed by atoms with E-state index in [4.69, 9.17) is 4.74 Å². The van der Waals surface area contributed by atoms with Crippen molar-refractivity contribution >= 4 is 0 Å². The van der Waals surface area contributed by atoms with Gasteiger partial charge < -0.3 is 10.1 Å². The van der Waals surface area contributed by atoms with E-state index in [1.807, 2.05) is 0 Å². The maximum Gasteiger partial charge on any atom is 0.0546 e. The molecule has 1 N–H and O–H groups in total. The molecule has 1 unspecified atom stereocenters. The summed E-state index contributed by atoms with van der Waals surface area (Å²) in [6, 6.07) is 1.42. The predicted octanol–water partition coefficient (Wildman–Crippen LogP) is 2.90. The van der Waals surface area contributed by atoms with E-state index in [9.17, 15) is 0 Å². The van der Waals surface area contributed by atoms with Crippen molar-refractivity contribution in [2.24, 2.45) is 11.3 Å². The van der Waals surface area contributed by atoms with Crippen molar-refractivity contribution in [3.8, 4) is 0 Å². The zero-order valence-corrected chi connectivity index (χ0v) is 14.0. The first-order chi connectivity index (χ1) is 9.51. The molecule has 0 aromatic carbocycles. The second-order valence-corrected chi connectivity index (χ2v) is 7.73. The van der Waals surface area contributed by atoms with Crippen molar-refractivity contribution in [2.45, 2.75) is 65.5 Å². The van der Waals surface area contributed by atoms with Gasteiger partial charge in [0.25, 0.3) is 0 Å². The molecule has 1 saturated heterocycles. The van der Waals surface area contributed by atoms with Crippen LogP contribution >= 0.6 is 0 Å². The molecular weight excluding hydrogens is 248 g/mol. The maximum atomic E-state index is 5.86. The standard InChI is InChI=1S/C17H34N2O/c1-14(2)10-19(15(3)4)12-17(8-5-9-20-13-17)11-18-16-6-7-16/h14-16,18H,5-13H2,1-4H3. The van der Waals surface area contributed by atoms with E-state index in [1.54, 1.807) is 0 Å². The molecule has 3 heteroatoms. The SMILES string of the molecule is CC(C)CN(CC1(CNC2CC2)CCCOC1)C(C)C. The minimum absolute atomic E-state index is 0.333. The Labute approximate surface area is 125 Å². The lowest BCUT2D eigenvalue weighted by molar-refractivity contribution is -0.0327. The van der Waals surface area contributed by atoms with E-state index in [-0.39, 0.29) is 0 Å². The second-order valence-electron chi connectivity index (χ2n) is 7.73. The zero-order chi connectivity index (χ0) is 14.6. The van der Waals surface area contributed by atoms with E-state index in [0.717, 1.165) is 31.7 Å². The molecule has 0 spiro atoms. The first-order valence-corrected chi connectivity index (χ1v) is 8.56. The van der Waals surface area contributed by atoms with Gasteiger partial charge in [0.1, 0.15) is 0 Å². The van der Waals surface area contributed by atoms with E-state index < -0.39 is 0 Å². The summed E-state index contributed by atoms with van der Waals surface area (Å²) in [4.78, 5) is 2.66. The van der Waals surface area contributed by atoms with E-state index in [2.05, 4.69) is 37.9 Å². The van der Waals surface area contributed by atoms with Crippen LogP contribution in [0.2, 0.25) is 0 Å². The Morgan fingerprint density at radius 1 is 1.25 bits per heavy atom. The summed E-state index contributed by atoms with van der Waals surface area (Å²) in [6.07, 6.45) is 5.28. The van der Waals surface area contributed by atoms with Crippen LogP contribution in [0.5, 0.6) is 0 Å². The third-order valence-corrected chi connectivity index (χ3v) is 4.62. The number of nitrogens with zero attached hydrogens (tertiary/aromatic N) is 1. The van der Waals surface area contributed by atoms with Crippen molar-refractivity contribution < 1.29 is 4.74 Å². The molecule has 1 aliphatic carbocycles. The first-order valence-electron chi connectivity index (χ1n) is 8.56. The fraction of sp³-hybridized carbons (Fsp3) is 1.00. The summed E-state index contributed by atoms with van der Waals surface area (Å²) in [7, 11) is 0. The van der Waals surface area contributed by atoms with Crippen LogP contribution in [0.1, 0.15) is 53.4 Å². The number of rotatable bonds is 8. The van der Waals surface area contributed by atoms with Gasteiger partial charge in [0.15, 0.2) is 0 Å². The second kappa shape index (κ2) is 7.24. The van der Waals surface area contributed by atoms with Crippen LogP contribution in [0.15, 0.2) is 0 Å². The van der Waals surface area contributed by atoms with E-state index in [0.29, 0.717) is 11.5 Å². The Morgan fingerprint density at radius 2 is 2.00 bits per heavy atom. The molecule has 0 radical (unpaired) electrons. The van der Waals surface area contributed by atoms with Gasteiger partial charge in [-0.15, -0.1) is 0 Å². The highest BCUT2D eigenvalue weighted by Crippen LogP contribution is 2.31. The quantitative estimate of drug-likeness (QED) is 0.741. The van der Waals surface area contributed by atoms with Crippen LogP contribution < -0.4 is 5.32 Å². The minimum Gasteiger partial charge on any atom is -0.381 e. The van der Waals surface area contributed by atoms with Gasteiger partial charge in [-0.1, -0.05) is 13.8 Å². The normalized spacial score (nSPS) is 27.8. The zero-order valence-electron chi connectivity index (χ0n) is 14.0. The third kappa shape index (κ3) is 5.01. The molecular formula is C17H34N2O. The van der Waals surface area contributed by atoms with Crippen LogP contribution in [-0.4, -0.2) is 49.8 Å². The molecule has 0 aromatic rings. The molecule has 1 heterocycles. The fourth-order valence-corrected chi connectivity index (χ4v) is 3.24. The summed E-state index contributed by atoms with van der Waals surface area (Å²) >= 11 is 0. The van der Waals surface area contributed by atoms with E-state index in [1.165, 1.54) is 38.8 Å². The van der Waals surface area contributed by atoms with Crippen molar-refractivity contribution in [3.05, 3.63) is 0 Å². The summed E-state index contributed by atoms with van der Waals surface area (Å²) < 4.78 is 5.86. The Bertz CT molecular complexity index is 281. The largest absolute Gasteiger partial charge is 0.381 e. The fourth-order valence-electron chi connectivity index (χ4n) is 3.24. The van der Waals surface area contributed by atoms with Gasteiger partial charge in [0, 0.05) is 43.7 Å². The molecule has 0 amide bonds. The van der Waals surface area contributed by atoms with E-state index >= 15 is 0 Å². The molecule has 2 rings (SSSR count). The topological polar surface area (TPSA) is 24.5 Å². The van der Waals surface area contributed by atoms with Crippen LogP contribution in [-0.2, 0) is 4.74 Å². The average Bonchev–Trinajstić information content (AvgIpc) is 3.20. The highest BCUT2D eigenvalue weighted by Gasteiger charge is 2.37. The molecule has 0 aromatic heterocycles. The number of nitrogens with one attached hydrogen (secondary N) is 1. The van der Waals surface area contributed by atoms with Crippen molar-refractivity contribution in [3.63, 3.8) is 0 Å². The number of hydrogen-bond acceptors (Lipinski definition) is 3. The molecule has 2 aliphatic rings. The smallest absolute Gasteiger partial charge is 0.0546 e. The summed E-state index contributed by atoms with van der Waals surface area (Å²) in [5.41, 5.74) is 0.333. The lowest BCUT2D eigenvalue weighted by Gasteiger charge is -2.43. The lowest BCUT2D eigenvalue weighted by atomic mass is 9.81. The first kappa shape index (κ1) is 16.3. The Hall–Kier alpha value is -0.120. The van der Waals surface area contributed by atoms with Crippen molar-refractivity contribution in [2.75, 3.05) is 32.8 Å². The summed E-state index contributed by atoms with van der Waals surface area (Å²) in [6.45, 7) is 14.7. The van der Waals surface area contributed by atoms with Gasteiger partial charge >= 0.3 is 0 Å². The third-order valence-electron chi connectivity index (χ3n) is 4.62. The molecule has 3 nitrogen and oxygen atoms in total. The molecule has 20 heavy (non-hydrogen) atoms. The maximum absolute atomic E-state index is 5.86. The molecule has 1 atom stereocenters. The Kier molecular flexibility index (Phi) is 5.88. The summed E-state index contributed by atoms with van der Waals surface area (Å²) in [5.74, 6) is 0.732. The predicted molar refractivity (Wildman–Crippen MR) is 85.1 cm³/mol. The van der Waals surface area contributed by atoms with Crippen LogP contribution in [0, 0.1) is 11.3 Å². The molecule has 1 aliphatic heterocycles. The average molecular weight is 282 g/mol. The van der Waals surface area contributed by atoms with Gasteiger partial charge in [0.05, 0.1) is 6.61 Å². The highest BCUT2D eigenvalue weighted by molar-refractivity contribution is 4.91. The van der Waals surface area contributed by atoms with Crippen LogP contribution in [0.3, 0.4) is 0 Å². The molecule has 118 valence electrons. The molecule has 0 bridgehead atoms. The Morgan fingerprint density at radius 3 is 2.50 bits per heavy atom. The number of ether oxygens (including phenoxy) is 1. The highest BCUT2D eigenvalue weighted by atomic mass is 16.5. The van der Waals surface area contributed by atoms with Crippen molar-refractivity contribution in [1.82, 2.24) is 10.2 Å². The minimum atomic E-state index is 0.333. The molecule has 2 fully saturated rings. The van der Waals surface area contributed by atoms with Crippen LogP contribution in [0.25, 0.3) is 0 Å². The monoisotopic (exact) mass is 282 g/mol. The summed E-state index contributed by atoms with van der Waals surface area (Å²) in [5, 5.41) is 3.76. The van der Waals surface area contributed by atoms with Crippen LogP contribution in [0.4, 0.5) is 0 Å². The van der Waals surface area contributed by atoms with Gasteiger partial charge in [-0.3, -0.25) is 4.90 Å². The van der Waals surface area contributed by atoms with Gasteiger partial charge in [-0.05, 0) is 45.4 Å². The number of hydrogen-bond donors (Lipinski definition) is 1. The van der Waals surface area contributed by atoms with Gasteiger partial charge in [-0.25, -0.2) is 0 Å². The lowest BCUT2D eigenvalue weighted by Crippen LogP contribution is -2.51. The Balaban J connectivity index is 1.95. The van der Waals surface area contributed by atoms with Gasteiger partial charge in [-0.2, -0.15) is 0 Å². The van der Waals surface area contributed by atoms with Crippen molar-refractivity contribution in [1.29, 1.82) is 0 Å². The van der Waals surface area contributed by atoms with Gasteiger partial charge in [0.2, 0.25) is 0 Å².